The lowest BCUT2D eigenvalue weighted by Crippen LogP contribution is -2.38. The van der Waals surface area contributed by atoms with E-state index in [4.69, 9.17) is 9.62 Å². The second-order valence-corrected chi connectivity index (χ2v) is 11.4. The third-order valence-corrected chi connectivity index (χ3v) is 8.64. The molecule has 0 saturated carbocycles. The van der Waals surface area contributed by atoms with E-state index in [0.29, 0.717) is 17.0 Å². The first-order valence-corrected chi connectivity index (χ1v) is 15.3. The third-order valence-electron chi connectivity index (χ3n) is 8.64. The fourth-order valence-electron chi connectivity index (χ4n) is 6.43. The second kappa shape index (κ2) is 11.7. The molecule has 6 heteroatoms. The minimum Gasteiger partial charge on any atom is -0.355 e. The predicted molar refractivity (Wildman–Crippen MR) is 181 cm³/mol. The average molecular weight is 616 g/mol. The van der Waals surface area contributed by atoms with Crippen LogP contribution in [-0.4, -0.2) is 14.9 Å². The number of hydrogen-bond acceptors (Lipinski definition) is 3. The van der Waals surface area contributed by atoms with Gasteiger partial charge in [-0.1, -0.05) is 102 Å². The fraction of sp³-hybridized carbons (Fsp3) is 0.0244. The van der Waals surface area contributed by atoms with Crippen LogP contribution in [0, 0.1) is 11.6 Å². The van der Waals surface area contributed by atoms with Gasteiger partial charge in [-0.05, 0) is 82.9 Å². The highest BCUT2D eigenvalue weighted by Crippen LogP contribution is 2.44. The first-order valence-electron chi connectivity index (χ1n) is 15.3. The SMILES string of the molecule is Fc1ccc(-c2nn(C(c3ccccc3)(c3ccccc3)c3ccccc3)cc2-c2ccc3noc(-c4ccc(F)cc4)c3c2)cc1. The zero-order valence-electron chi connectivity index (χ0n) is 25.1. The summed E-state index contributed by atoms with van der Waals surface area (Å²) in [6.07, 6.45) is 2.07. The highest BCUT2D eigenvalue weighted by atomic mass is 19.1. The number of hydrogen-bond donors (Lipinski definition) is 0. The molecule has 0 atom stereocenters. The number of nitrogens with zero attached hydrogens (tertiary/aromatic N) is 3. The quantitative estimate of drug-likeness (QED) is 0.168. The zero-order valence-corrected chi connectivity index (χ0v) is 25.1. The van der Waals surface area contributed by atoms with Gasteiger partial charge in [0.05, 0.1) is 5.39 Å². The van der Waals surface area contributed by atoms with Crippen molar-refractivity contribution in [2.24, 2.45) is 0 Å². The Morgan fingerprint density at radius 2 is 1.02 bits per heavy atom. The largest absolute Gasteiger partial charge is 0.355 e. The number of aromatic nitrogens is 3. The van der Waals surface area contributed by atoms with Crippen LogP contribution in [0.3, 0.4) is 0 Å². The first kappa shape index (κ1) is 28.3. The van der Waals surface area contributed by atoms with Crippen LogP contribution in [0.25, 0.3) is 44.6 Å². The molecule has 0 unspecified atom stereocenters. The Balaban J connectivity index is 1.42. The zero-order chi connectivity index (χ0) is 31.8. The van der Waals surface area contributed by atoms with Gasteiger partial charge in [-0.3, -0.25) is 4.68 Å². The molecule has 0 spiro atoms. The van der Waals surface area contributed by atoms with Gasteiger partial charge in [0.25, 0.3) is 0 Å². The van der Waals surface area contributed by atoms with E-state index in [2.05, 4.69) is 47.8 Å². The summed E-state index contributed by atoms with van der Waals surface area (Å²) in [5.74, 6) is -0.102. The van der Waals surface area contributed by atoms with Gasteiger partial charge in [0, 0.05) is 22.9 Å². The monoisotopic (exact) mass is 615 g/mol. The topological polar surface area (TPSA) is 43.9 Å². The fourth-order valence-corrected chi connectivity index (χ4v) is 6.43. The molecule has 47 heavy (non-hydrogen) atoms. The molecule has 0 bridgehead atoms. The van der Waals surface area contributed by atoms with E-state index < -0.39 is 5.54 Å². The lowest BCUT2D eigenvalue weighted by atomic mass is 9.77. The molecule has 0 aliphatic rings. The van der Waals surface area contributed by atoms with Gasteiger partial charge in [-0.25, -0.2) is 8.78 Å². The van der Waals surface area contributed by atoms with Crippen LogP contribution in [0.15, 0.2) is 168 Å². The molecule has 0 aliphatic carbocycles. The molecule has 0 N–H and O–H groups in total. The van der Waals surface area contributed by atoms with Crippen molar-refractivity contribution in [2.45, 2.75) is 5.54 Å². The van der Waals surface area contributed by atoms with Crippen molar-refractivity contribution >= 4 is 10.9 Å². The van der Waals surface area contributed by atoms with Crippen LogP contribution in [-0.2, 0) is 5.54 Å². The van der Waals surface area contributed by atoms with Gasteiger partial charge in [0.2, 0.25) is 0 Å². The molecular formula is C41H27F2N3O. The maximum Gasteiger partial charge on any atom is 0.174 e. The highest BCUT2D eigenvalue weighted by molar-refractivity contribution is 5.96. The predicted octanol–water partition coefficient (Wildman–Crippen LogP) is 10.1. The van der Waals surface area contributed by atoms with E-state index in [1.807, 2.05) is 77.5 Å². The normalized spacial score (nSPS) is 11.6. The summed E-state index contributed by atoms with van der Waals surface area (Å²) in [5, 5.41) is 10.4. The molecule has 4 nitrogen and oxygen atoms in total. The Kier molecular flexibility index (Phi) is 7.03. The number of halogens is 2. The standard InChI is InChI=1S/C41H27F2N3O/c42-34-21-16-28(17-22-34)39-37(30-20-25-38-36(26-30)40(47-45-38)29-18-23-35(43)24-19-29)27-46(44-39)41(31-10-4-1-5-11-31,32-12-6-2-7-13-32)33-14-8-3-9-15-33/h1-27H. The molecule has 0 fully saturated rings. The van der Waals surface area contributed by atoms with Gasteiger partial charge < -0.3 is 4.52 Å². The van der Waals surface area contributed by atoms with Crippen LogP contribution in [0.1, 0.15) is 16.7 Å². The average Bonchev–Trinajstić information content (AvgIpc) is 3.76. The van der Waals surface area contributed by atoms with Gasteiger partial charge in [-0.15, -0.1) is 0 Å². The Morgan fingerprint density at radius 1 is 0.532 bits per heavy atom. The molecule has 8 rings (SSSR count). The lowest BCUT2D eigenvalue weighted by Gasteiger charge is -2.36. The van der Waals surface area contributed by atoms with Crippen LogP contribution in [0.2, 0.25) is 0 Å². The molecular weight excluding hydrogens is 588 g/mol. The maximum atomic E-state index is 14.2. The van der Waals surface area contributed by atoms with Crippen molar-refractivity contribution in [1.29, 1.82) is 0 Å². The van der Waals surface area contributed by atoms with Crippen molar-refractivity contribution < 1.29 is 13.3 Å². The van der Waals surface area contributed by atoms with Crippen molar-refractivity contribution in [3.8, 4) is 33.7 Å². The molecule has 0 amide bonds. The molecule has 8 aromatic rings. The molecule has 226 valence electrons. The smallest absolute Gasteiger partial charge is 0.174 e. The van der Waals surface area contributed by atoms with Gasteiger partial charge >= 0.3 is 0 Å². The summed E-state index contributed by atoms with van der Waals surface area (Å²) in [4.78, 5) is 0. The highest BCUT2D eigenvalue weighted by Gasteiger charge is 2.40. The molecule has 0 aliphatic heterocycles. The van der Waals surface area contributed by atoms with Gasteiger partial charge in [0.15, 0.2) is 5.76 Å². The lowest BCUT2D eigenvalue weighted by molar-refractivity contribution is 0.441. The minimum atomic E-state index is -0.850. The van der Waals surface area contributed by atoms with Crippen LogP contribution >= 0.6 is 0 Å². The van der Waals surface area contributed by atoms with E-state index in [-0.39, 0.29) is 11.6 Å². The van der Waals surface area contributed by atoms with Crippen LogP contribution < -0.4 is 0 Å². The Labute approximate surface area is 270 Å². The molecule has 0 radical (unpaired) electrons. The van der Waals surface area contributed by atoms with Crippen LogP contribution in [0.5, 0.6) is 0 Å². The Bertz CT molecular complexity index is 2200. The number of rotatable bonds is 7. The van der Waals surface area contributed by atoms with Crippen molar-refractivity contribution in [3.05, 3.63) is 192 Å². The minimum absolute atomic E-state index is 0.322. The molecule has 2 heterocycles. The molecule has 2 aromatic heterocycles. The first-order chi connectivity index (χ1) is 23.1. The Hall–Kier alpha value is -6.14. The summed E-state index contributed by atoms with van der Waals surface area (Å²) < 4.78 is 35.7. The van der Waals surface area contributed by atoms with E-state index in [9.17, 15) is 8.78 Å². The summed E-state index contributed by atoms with van der Waals surface area (Å²) in [5.41, 5.74) is 6.82. The van der Waals surface area contributed by atoms with E-state index >= 15 is 0 Å². The van der Waals surface area contributed by atoms with Crippen molar-refractivity contribution in [2.75, 3.05) is 0 Å². The van der Waals surface area contributed by atoms with Gasteiger partial charge in [-0.2, -0.15) is 5.10 Å². The Morgan fingerprint density at radius 3 is 1.55 bits per heavy atom. The van der Waals surface area contributed by atoms with Crippen LogP contribution in [0.4, 0.5) is 8.78 Å². The summed E-state index contributed by atoms with van der Waals surface area (Å²) >= 11 is 0. The third kappa shape index (κ3) is 4.91. The maximum absolute atomic E-state index is 14.2. The summed E-state index contributed by atoms with van der Waals surface area (Å²) in [7, 11) is 0. The molecule has 6 aromatic carbocycles. The van der Waals surface area contributed by atoms with Gasteiger partial charge in [0.1, 0.15) is 28.4 Å². The summed E-state index contributed by atoms with van der Waals surface area (Å²) in [6.45, 7) is 0. The van der Waals surface area contributed by atoms with E-state index in [1.54, 1.807) is 24.3 Å². The van der Waals surface area contributed by atoms with Crippen molar-refractivity contribution in [3.63, 3.8) is 0 Å². The molecule has 0 saturated heterocycles. The number of fused-ring (bicyclic) bond motifs is 1. The van der Waals surface area contributed by atoms with E-state index in [0.717, 1.165) is 44.3 Å². The van der Waals surface area contributed by atoms with Crippen molar-refractivity contribution in [1.82, 2.24) is 14.9 Å². The number of benzene rings is 6. The van der Waals surface area contributed by atoms with E-state index in [1.165, 1.54) is 24.3 Å². The second-order valence-electron chi connectivity index (χ2n) is 11.4. The summed E-state index contributed by atoms with van der Waals surface area (Å²) in [6, 6.07) is 49.5.